The SMILES string of the molecule is O=C1c2ccccc2-n2nnnc2C2CCCN12. The van der Waals surface area contributed by atoms with Crippen molar-refractivity contribution in [2.24, 2.45) is 0 Å². The van der Waals surface area contributed by atoms with Gasteiger partial charge >= 0.3 is 0 Å². The number of hydrogen-bond acceptors (Lipinski definition) is 4. The van der Waals surface area contributed by atoms with Crippen LogP contribution in [-0.2, 0) is 0 Å². The Morgan fingerprint density at radius 3 is 3.11 bits per heavy atom. The zero-order chi connectivity index (χ0) is 12.1. The Hall–Kier alpha value is -2.24. The average molecular weight is 241 g/mol. The minimum Gasteiger partial charge on any atom is -0.328 e. The van der Waals surface area contributed by atoms with E-state index in [9.17, 15) is 4.79 Å². The molecule has 0 spiro atoms. The highest BCUT2D eigenvalue weighted by atomic mass is 16.2. The van der Waals surface area contributed by atoms with E-state index in [0.29, 0.717) is 5.56 Å². The van der Waals surface area contributed by atoms with E-state index in [1.807, 2.05) is 29.2 Å². The van der Waals surface area contributed by atoms with Crippen LogP contribution in [0.4, 0.5) is 0 Å². The number of tetrazole rings is 1. The van der Waals surface area contributed by atoms with Crippen molar-refractivity contribution in [1.82, 2.24) is 25.1 Å². The second kappa shape index (κ2) is 3.38. The molecule has 90 valence electrons. The number of carbonyl (C=O) groups excluding carboxylic acids is 1. The van der Waals surface area contributed by atoms with Crippen molar-refractivity contribution in [3.05, 3.63) is 35.7 Å². The summed E-state index contributed by atoms with van der Waals surface area (Å²) >= 11 is 0. The first kappa shape index (κ1) is 9.76. The Bertz CT molecular complexity index is 635. The van der Waals surface area contributed by atoms with Gasteiger partial charge in [-0.3, -0.25) is 4.79 Å². The number of hydrogen-bond donors (Lipinski definition) is 0. The molecule has 18 heavy (non-hydrogen) atoms. The maximum Gasteiger partial charge on any atom is 0.256 e. The van der Waals surface area contributed by atoms with Crippen LogP contribution in [0, 0.1) is 0 Å². The smallest absolute Gasteiger partial charge is 0.256 e. The summed E-state index contributed by atoms with van der Waals surface area (Å²) in [4.78, 5) is 14.4. The van der Waals surface area contributed by atoms with Crippen LogP contribution >= 0.6 is 0 Å². The van der Waals surface area contributed by atoms with Gasteiger partial charge in [0.05, 0.1) is 17.3 Å². The van der Waals surface area contributed by atoms with Gasteiger partial charge in [-0.05, 0) is 35.4 Å². The Balaban J connectivity index is 2.04. The van der Waals surface area contributed by atoms with Crippen molar-refractivity contribution in [3.63, 3.8) is 0 Å². The highest BCUT2D eigenvalue weighted by molar-refractivity contribution is 5.98. The van der Waals surface area contributed by atoms with Crippen LogP contribution in [-0.4, -0.2) is 37.6 Å². The number of fused-ring (bicyclic) bond motifs is 5. The molecule has 2 aliphatic heterocycles. The van der Waals surface area contributed by atoms with E-state index in [1.165, 1.54) is 0 Å². The fraction of sp³-hybridized carbons (Fsp3) is 0.333. The summed E-state index contributed by atoms with van der Waals surface area (Å²) in [7, 11) is 0. The second-order valence-electron chi connectivity index (χ2n) is 4.62. The van der Waals surface area contributed by atoms with E-state index in [-0.39, 0.29) is 11.9 Å². The Morgan fingerprint density at radius 2 is 2.17 bits per heavy atom. The summed E-state index contributed by atoms with van der Waals surface area (Å²) in [5.41, 5.74) is 1.45. The maximum atomic E-state index is 12.5. The van der Waals surface area contributed by atoms with Crippen molar-refractivity contribution in [2.75, 3.05) is 6.54 Å². The lowest BCUT2D eigenvalue weighted by atomic mass is 10.1. The van der Waals surface area contributed by atoms with Gasteiger partial charge in [-0.1, -0.05) is 12.1 Å². The first-order valence-corrected chi connectivity index (χ1v) is 6.05. The molecule has 2 aromatic rings. The van der Waals surface area contributed by atoms with Crippen molar-refractivity contribution in [1.29, 1.82) is 0 Å². The molecule has 1 unspecified atom stereocenters. The maximum absolute atomic E-state index is 12.5. The van der Waals surface area contributed by atoms with Crippen molar-refractivity contribution < 1.29 is 4.79 Å². The number of rotatable bonds is 0. The third-order valence-corrected chi connectivity index (χ3v) is 3.67. The summed E-state index contributed by atoms with van der Waals surface area (Å²) in [5.74, 6) is 0.839. The third-order valence-electron chi connectivity index (χ3n) is 3.67. The average Bonchev–Trinajstić information content (AvgIpc) is 3.04. The van der Waals surface area contributed by atoms with Crippen LogP contribution in [0.5, 0.6) is 0 Å². The van der Waals surface area contributed by atoms with Crippen LogP contribution in [0.25, 0.3) is 5.69 Å². The van der Waals surface area contributed by atoms with Gasteiger partial charge < -0.3 is 4.90 Å². The lowest BCUT2D eigenvalue weighted by molar-refractivity contribution is 0.0735. The van der Waals surface area contributed by atoms with Gasteiger partial charge in [-0.2, -0.15) is 4.68 Å². The number of aromatic nitrogens is 4. The summed E-state index contributed by atoms with van der Waals surface area (Å²) in [6.07, 6.45) is 1.94. The molecule has 0 bridgehead atoms. The molecular formula is C12H11N5O. The summed E-state index contributed by atoms with van der Waals surface area (Å²) in [6, 6.07) is 7.50. The van der Waals surface area contributed by atoms with Crippen molar-refractivity contribution >= 4 is 5.91 Å². The number of para-hydroxylation sites is 1. The quantitative estimate of drug-likeness (QED) is 0.689. The standard InChI is InChI=1S/C12H11N5O/c18-12-8-4-1-2-5-9(8)17-11(13-14-15-17)10-6-3-7-16(10)12/h1-2,4-5,10H,3,6-7H2. The monoisotopic (exact) mass is 241 g/mol. The predicted molar refractivity (Wildman–Crippen MR) is 62.2 cm³/mol. The zero-order valence-corrected chi connectivity index (χ0v) is 9.65. The molecule has 0 N–H and O–H groups in total. The Kier molecular flexibility index (Phi) is 1.83. The topological polar surface area (TPSA) is 63.9 Å². The highest BCUT2D eigenvalue weighted by Crippen LogP contribution is 2.36. The fourth-order valence-corrected chi connectivity index (χ4v) is 2.85. The fourth-order valence-electron chi connectivity index (χ4n) is 2.85. The highest BCUT2D eigenvalue weighted by Gasteiger charge is 2.38. The minimum atomic E-state index is 0.0138. The molecule has 1 fully saturated rings. The molecule has 0 radical (unpaired) electrons. The molecule has 6 nitrogen and oxygen atoms in total. The lowest BCUT2D eigenvalue weighted by Crippen LogP contribution is -2.29. The van der Waals surface area contributed by atoms with E-state index in [0.717, 1.165) is 30.9 Å². The normalized spacial score (nSPS) is 21.2. The van der Waals surface area contributed by atoms with Crippen molar-refractivity contribution in [2.45, 2.75) is 18.9 Å². The largest absolute Gasteiger partial charge is 0.328 e. The molecule has 0 saturated carbocycles. The predicted octanol–water partition coefficient (Wildman–Crippen LogP) is 0.953. The molecule has 0 aliphatic carbocycles. The molecule has 1 amide bonds. The number of amides is 1. The van der Waals surface area contributed by atoms with E-state index in [2.05, 4.69) is 15.5 Å². The molecule has 1 atom stereocenters. The van der Waals surface area contributed by atoms with Gasteiger partial charge in [0, 0.05) is 6.54 Å². The summed E-state index contributed by atoms with van der Waals surface area (Å²) in [5, 5.41) is 11.9. The minimum absolute atomic E-state index is 0.0138. The summed E-state index contributed by atoms with van der Waals surface area (Å²) in [6.45, 7) is 0.782. The van der Waals surface area contributed by atoms with Gasteiger partial charge in [0.1, 0.15) is 0 Å². The first-order chi connectivity index (χ1) is 8.86. The van der Waals surface area contributed by atoms with Gasteiger partial charge in [0.25, 0.3) is 5.91 Å². The third kappa shape index (κ3) is 1.12. The molecule has 1 aromatic carbocycles. The van der Waals surface area contributed by atoms with E-state index >= 15 is 0 Å². The van der Waals surface area contributed by atoms with E-state index < -0.39 is 0 Å². The van der Waals surface area contributed by atoms with Gasteiger partial charge in [-0.15, -0.1) is 5.10 Å². The van der Waals surface area contributed by atoms with Crippen LogP contribution in [0.1, 0.15) is 35.1 Å². The molecule has 3 heterocycles. The van der Waals surface area contributed by atoms with Crippen molar-refractivity contribution in [3.8, 4) is 5.69 Å². The molecular weight excluding hydrogens is 230 g/mol. The second-order valence-corrected chi connectivity index (χ2v) is 4.62. The Morgan fingerprint density at radius 1 is 1.28 bits per heavy atom. The lowest BCUT2D eigenvalue weighted by Gasteiger charge is -2.20. The Labute approximate surface area is 103 Å². The van der Waals surface area contributed by atoms with E-state index in [4.69, 9.17) is 0 Å². The molecule has 6 heteroatoms. The first-order valence-electron chi connectivity index (χ1n) is 6.05. The van der Waals surface area contributed by atoms with Crippen LogP contribution in [0.3, 0.4) is 0 Å². The van der Waals surface area contributed by atoms with Gasteiger partial charge in [0.2, 0.25) is 0 Å². The number of carbonyl (C=O) groups is 1. The number of benzene rings is 1. The molecule has 1 aromatic heterocycles. The molecule has 2 aliphatic rings. The van der Waals surface area contributed by atoms with Gasteiger partial charge in [-0.25, -0.2) is 0 Å². The van der Waals surface area contributed by atoms with Gasteiger partial charge in [0.15, 0.2) is 5.82 Å². The number of nitrogens with zero attached hydrogens (tertiary/aromatic N) is 5. The summed E-state index contributed by atoms with van der Waals surface area (Å²) < 4.78 is 1.70. The molecule has 1 saturated heterocycles. The van der Waals surface area contributed by atoms with E-state index in [1.54, 1.807) is 4.68 Å². The zero-order valence-electron chi connectivity index (χ0n) is 9.65. The molecule has 4 rings (SSSR count). The van der Waals surface area contributed by atoms with Crippen LogP contribution < -0.4 is 0 Å². The van der Waals surface area contributed by atoms with Crippen LogP contribution in [0.15, 0.2) is 24.3 Å². The van der Waals surface area contributed by atoms with Crippen LogP contribution in [0.2, 0.25) is 0 Å².